The molecule has 2 heteroatoms. The highest BCUT2D eigenvalue weighted by Gasteiger charge is 2.17. The van der Waals surface area contributed by atoms with Crippen molar-refractivity contribution in [1.29, 1.82) is 0 Å². The van der Waals surface area contributed by atoms with Crippen LogP contribution >= 0.6 is 0 Å². The first-order valence-corrected chi connectivity index (χ1v) is 13.4. The van der Waals surface area contributed by atoms with Crippen molar-refractivity contribution in [2.75, 3.05) is 0 Å². The van der Waals surface area contributed by atoms with Crippen LogP contribution in [0.25, 0.3) is 0 Å². The smallest absolute Gasteiger partial charge is 0.0690 e. The molecule has 16 heavy (non-hydrogen) atoms. The Morgan fingerprint density at radius 1 is 0.750 bits per heavy atom. The zero-order valence-corrected chi connectivity index (χ0v) is 13.7. The van der Waals surface area contributed by atoms with Gasteiger partial charge in [0.1, 0.15) is 0 Å². The second-order valence-electron chi connectivity index (χ2n) is 6.95. The average molecular weight is 251 g/mol. The summed E-state index contributed by atoms with van der Waals surface area (Å²) in [6, 6.07) is 0. The van der Waals surface area contributed by atoms with E-state index in [1.807, 2.05) is 0 Å². The van der Waals surface area contributed by atoms with Crippen molar-refractivity contribution in [1.82, 2.24) is 0 Å². The third kappa shape index (κ3) is 5.12. The molecular weight excluding hydrogens is 224 g/mol. The molecule has 0 N–H and O–H groups in total. The number of allylic oxidation sites excluding steroid dienone is 4. The quantitative estimate of drug-likeness (QED) is 0.481. The zero-order chi connectivity index (χ0) is 12.4. The summed E-state index contributed by atoms with van der Waals surface area (Å²) in [5.41, 5.74) is 8.40. The van der Waals surface area contributed by atoms with Gasteiger partial charge in [0, 0.05) is 0 Å². The van der Waals surface area contributed by atoms with Crippen molar-refractivity contribution >= 4 is 16.1 Å². The van der Waals surface area contributed by atoms with Gasteiger partial charge >= 0.3 is 0 Å². The van der Waals surface area contributed by atoms with Crippen LogP contribution in [0.2, 0.25) is 39.3 Å². The van der Waals surface area contributed by atoms with Crippen molar-refractivity contribution in [3.8, 4) is 0 Å². The van der Waals surface area contributed by atoms with Crippen LogP contribution in [0.5, 0.6) is 0 Å². The van der Waals surface area contributed by atoms with Gasteiger partial charge in [-0.25, -0.2) is 0 Å². The Bertz CT molecular complexity index is 299. The van der Waals surface area contributed by atoms with Crippen molar-refractivity contribution in [3.05, 3.63) is 34.7 Å². The van der Waals surface area contributed by atoms with Gasteiger partial charge in [-0.2, -0.15) is 0 Å². The molecule has 1 rings (SSSR count). The summed E-state index contributed by atoms with van der Waals surface area (Å²) >= 11 is 0. The molecule has 0 unspecified atom stereocenters. The van der Waals surface area contributed by atoms with Crippen LogP contribution in [0, 0.1) is 0 Å². The van der Waals surface area contributed by atoms with Gasteiger partial charge in [-0.05, 0) is 24.0 Å². The van der Waals surface area contributed by atoms with Gasteiger partial charge in [0.15, 0.2) is 0 Å². The third-order valence-electron chi connectivity index (χ3n) is 2.47. The fourth-order valence-electron chi connectivity index (χ4n) is 2.03. The second kappa shape index (κ2) is 4.88. The maximum atomic E-state index is 2.59. The molecule has 0 aromatic carbocycles. The predicted octanol–water partition coefficient (Wildman–Crippen LogP) is 4.94. The molecule has 0 aromatic rings. The van der Waals surface area contributed by atoms with Crippen LogP contribution in [-0.4, -0.2) is 16.1 Å². The lowest BCUT2D eigenvalue weighted by Gasteiger charge is -2.21. The molecule has 0 amide bonds. The van der Waals surface area contributed by atoms with Crippen molar-refractivity contribution in [2.45, 2.75) is 52.1 Å². The van der Waals surface area contributed by atoms with Gasteiger partial charge in [0.05, 0.1) is 16.1 Å². The highest BCUT2D eigenvalue weighted by atomic mass is 28.3. The van der Waals surface area contributed by atoms with E-state index in [2.05, 4.69) is 62.8 Å². The molecule has 0 fully saturated rings. The minimum absolute atomic E-state index is 1.08. The minimum atomic E-state index is -1.08. The first-order chi connectivity index (χ1) is 7.17. The monoisotopic (exact) mass is 250 g/mol. The van der Waals surface area contributed by atoms with Crippen LogP contribution < -0.4 is 0 Å². The van der Waals surface area contributed by atoms with Crippen molar-refractivity contribution < 1.29 is 0 Å². The van der Waals surface area contributed by atoms with E-state index in [0.717, 1.165) is 12.8 Å². The number of hydrogen-bond donors (Lipinski definition) is 0. The van der Waals surface area contributed by atoms with Gasteiger partial charge in [-0.1, -0.05) is 62.8 Å². The van der Waals surface area contributed by atoms with Crippen molar-refractivity contribution in [3.63, 3.8) is 0 Å². The van der Waals surface area contributed by atoms with Crippen LogP contribution in [0.3, 0.4) is 0 Å². The molecule has 0 nitrogen and oxygen atoms in total. The van der Waals surface area contributed by atoms with Gasteiger partial charge in [0.2, 0.25) is 0 Å². The molecule has 1 aliphatic rings. The molecule has 0 aliphatic heterocycles. The molecule has 0 radical (unpaired) electrons. The number of hydrogen-bond acceptors (Lipinski definition) is 0. The first kappa shape index (κ1) is 13.7. The molecule has 1 aliphatic carbocycles. The zero-order valence-electron chi connectivity index (χ0n) is 11.7. The Labute approximate surface area is 103 Å². The lowest BCUT2D eigenvalue weighted by atomic mass is 9.98. The van der Waals surface area contributed by atoms with Crippen molar-refractivity contribution in [2.24, 2.45) is 0 Å². The van der Waals surface area contributed by atoms with E-state index in [1.54, 1.807) is 11.1 Å². The molecule has 0 bridgehead atoms. The lowest BCUT2D eigenvalue weighted by Crippen LogP contribution is -2.20. The maximum Gasteiger partial charge on any atom is 0.0690 e. The molecule has 0 saturated carbocycles. The summed E-state index contributed by atoms with van der Waals surface area (Å²) in [4.78, 5) is 0. The summed E-state index contributed by atoms with van der Waals surface area (Å²) in [6.45, 7) is 14.5. The van der Waals surface area contributed by atoms with Crippen LogP contribution in [0.1, 0.15) is 12.8 Å². The highest BCUT2D eigenvalue weighted by molar-refractivity contribution is 6.82. The third-order valence-corrected chi connectivity index (χ3v) is 4.90. The Balaban J connectivity index is 3.03. The van der Waals surface area contributed by atoms with E-state index in [9.17, 15) is 0 Å². The van der Waals surface area contributed by atoms with Crippen LogP contribution in [0.4, 0.5) is 0 Å². The van der Waals surface area contributed by atoms with Gasteiger partial charge < -0.3 is 0 Å². The van der Waals surface area contributed by atoms with Gasteiger partial charge in [-0.3, -0.25) is 0 Å². The maximum absolute atomic E-state index is 2.59. The Morgan fingerprint density at radius 3 is 1.31 bits per heavy atom. The molecule has 0 aromatic heterocycles. The molecule has 0 spiro atoms. The van der Waals surface area contributed by atoms with E-state index in [0.29, 0.717) is 0 Å². The fraction of sp³-hybridized carbons (Fsp3) is 0.571. The summed E-state index contributed by atoms with van der Waals surface area (Å²) in [7, 11) is -2.17. The van der Waals surface area contributed by atoms with Gasteiger partial charge in [0.25, 0.3) is 0 Å². The largest absolute Gasteiger partial charge is 0.0913 e. The van der Waals surface area contributed by atoms with E-state index < -0.39 is 16.1 Å². The summed E-state index contributed by atoms with van der Waals surface area (Å²) in [5, 5.41) is 0. The predicted molar refractivity (Wildman–Crippen MR) is 81.2 cm³/mol. The standard InChI is InChI=1S/C14H26Si2/c1-15(2,3)11-13-9-7-8-10-14(13)12-16(4,5)6/h7-8,11-12H,9-10H2,1-6H3. The van der Waals surface area contributed by atoms with E-state index in [4.69, 9.17) is 0 Å². The van der Waals surface area contributed by atoms with Crippen LogP contribution in [-0.2, 0) is 0 Å². The normalized spacial score (nSPS) is 23.1. The minimum Gasteiger partial charge on any atom is -0.0913 e. The highest BCUT2D eigenvalue weighted by Crippen LogP contribution is 2.27. The summed E-state index contributed by atoms with van der Waals surface area (Å²) < 4.78 is 0. The molecule has 0 saturated heterocycles. The van der Waals surface area contributed by atoms with E-state index >= 15 is 0 Å². The number of rotatable bonds is 2. The Hall–Kier alpha value is -0.346. The Morgan fingerprint density at radius 2 is 1.06 bits per heavy atom. The topological polar surface area (TPSA) is 0 Å². The molecule has 0 heterocycles. The molecule has 0 atom stereocenters. The summed E-state index contributed by atoms with van der Waals surface area (Å²) in [6.07, 6.45) is 6.96. The Kier molecular flexibility index (Phi) is 4.19. The summed E-state index contributed by atoms with van der Waals surface area (Å²) in [5.74, 6) is 0. The van der Waals surface area contributed by atoms with E-state index in [1.165, 1.54) is 0 Å². The van der Waals surface area contributed by atoms with Crippen LogP contribution in [0.15, 0.2) is 34.7 Å². The van der Waals surface area contributed by atoms with Gasteiger partial charge in [-0.15, -0.1) is 0 Å². The molecule has 90 valence electrons. The average Bonchev–Trinajstić information content (AvgIpc) is 2.03. The SMILES string of the molecule is C[Si](C)(C)C=C1CC=CCC1=C[Si](C)(C)C. The lowest BCUT2D eigenvalue weighted by molar-refractivity contribution is 1.08. The second-order valence-corrected chi connectivity index (χ2v) is 17.0. The fourth-order valence-corrected chi connectivity index (χ4v) is 4.73. The van der Waals surface area contributed by atoms with E-state index in [-0.39, 0.29) is 0 Å². The first-order valence-electron chi connectivity index (χ1n) is 6.26. The molecular formula is C14H26Si2.